The normalized spacial score (nSPS) is 10.1. The summed E-state index contributed by atoms with van der Waals surface area (Å²) in [5.74, 6) is 0.898. The lowest BCUT2D eigenvalue weighted by Gasteiger charge is -2.11. The summed E-state index contributed by atoms with van der Waals surface area (Å²) in [4.78, 5) is 0. The van der Waals surface area contributed by atoms with Crippen molar-refractivity contribution in [2.45, 2.75) is 13.3 Å². The molecule has 0 aliphatic rings. The molecule has 0 spiro atoms. The molecular weight excluding hydrogens is 316 g/mol. The summed E-state index contributed by atoms with van der Waals surface area (Å²) in [6, 6.07) is 15.6. The highest BCUT2D eigenvalue weighted by Gasteiger charge is 2.01. The van der Waals surface area contributed by atoms with Crippen LogP contribution in [0.3, 0.4) is 0 Å². The molecule has 22 heavy (non-hydrogen) atoms. The van der Waals surface area contributed by atoms with Gasteiger partial charge in [0.15, 0.2) is 5.11 Å². The molecule has 2 aromatic rings. The van der Waals surface area contributed by atoms with Crippen molar-refractivity contribution >= 4 is 34.6 Å². The van der Waals surface area contributed by atoms with Gasteiger partial charge in [0.2, 0.25) is 0 Å². The SMILES string of the molecule is CCOc1ccc(CCNC(=S)Nc2ccccc2Cl)cc1. The van der Waals surface area contributed by atoms with Crippen LogP contribution in [0.5, 0.6) is 5.75 Å². The van der Waals surface area contributed by atoms with Crippen LogP contribution in [0.4, 0.5) is 5.69 Å². The van der Waals surface area contributed by atoms with Gasteiger partial charge in [0, 0.05) is 6.54 Å². The zero-order valence-corrected chi connectivity index (χ0v) is 14.0. The number of anilines is 1. The summed E-state index contributed by atoms with van der Waals surface area (Å²) in [5, 5.41) is 7.49. The molecule has 0 bridgehead atoms. The van der Waals surface area contributed by atoms with Crippen LogP contribution in [0.15, 0.2) is 48.5 Å². The number of halogens is 1. The van der Waals surface area contributed by atoms with Crippen LogP contribution in [0.1, 0.15) is 12.5 Å². The fraction of sp³-hybridized carbons (Fsp3) is 0.235. The van der Waals surface area contributed by atoms with E-state index in [1.165, 1.54) is 5.56 Å². The smallest absolute Gasteiger partial charge is 0.170 e. The zero-order valence-electron chi connectivity index (χ0n) is 12.4. The molecule has 0 radical (unpaired) electrons. The number of nitrogens with one attached hydrogen (secondary N) is 2. The molecule has 0 aromatic heterocycles. The van der Waals surface area contributed by atoms with Crippen LogP contribution in [0.2, 0.25) is 5.02 Å². The van der Waals surface area contributed by atoms with Gasteiger partial charge in [-0.3, -0.25) is 0 Å². The maximum atomic E-state index is 6.08. The van der Waals surface area contributed by atoms with Crippen LogP contribution in [-0.2, 0) is 6.42 Å². The van der Waals surface area contributed by atoms with Crippen LogP contribution >= 0.6 is 23.8 Å². The molecule has 0 saturated carbocycles. The average molecular weight is 335 g/mol. The third-order valence-corrected chi connectivity index (χ3v) is 3.63. The average Bonchev–Trinajstić information content (AvgIpc) is 2.52. The predicted molar refractivity (Wildman–Crippen MR) is 97.0 cm³/mol. The molecule has 0 fully saturated rings. The van der Waals surface area contributed by atoms with E-state index in [-0.39, 0.29) is 0 Å². The Balaban J connectivity index is 1.76. The Morgan fingerprint density at radius 2 is 1.86 bits per heavy atom. The van der Waals surface area contributed by atoms with Crippen molar-refractivity contribution in [3.8, 4) is 5.75 Å². The second-order valence-electron chi connectivity index (χ2n) is 4.69. The summed E-state index contributed by atoms with van der Waals surface area (Å²) in [7, 11) is 0. The molecule has 0 atom stereocenters. The summed E-state index contributed by atoms with van der Waals surface area (Å²) >= 11 is 11.3. The van der Waals surface area contributed by atoms with Crippen molar-refractivity contribution in [2.75, 3.05) is 18.5 Å². The second kappa shape index (κ2) is 8.61. The van der Waals surface area contributed by atoms with Gasteiger partial charge in [-0.25, -0.2) is 0 Å². The maximum absolute atomic E-state index is 6.08. The number of thiocarbonyl (C=S) groups is 1. The Bertz CT molecular complexity index is 616. The van der Waals surface area contributed by atoms with Gasteiger partial charge in [-0.2, -0.15) is 0 Å². The third kappa shape index (κ3) is 5.20. The van der Waals surface area contributed by atoms with Crippen LogP contribution in [0, 0.1) is 0 Å². The van der Waals surface area contributed by atoms with Gasteiger partial charge in [-0.05, 0) is 55.4 Å². The number of rotatable bonds is 6. The standard InChI is InChI=1S/C17H19ClN2OS/c1-2-21-14-9-7-13(8-10-14)11-12-19-17(22)20-16-6-4-3-5-15(16)18/h3-10H,2,11-12H2,1H3,(H2,19,20,22). The van der Waals surface area contributed by atoms with Crippen LogP contribution in [-0.4, -0.2) is 18.3 Å². The summed E-state index contributed by atoms with van der Waals surface area (Å²) in [5.41, 5.74) is 2.04. The molecule has 2 aromatic carbocycles. The van der Waals surface area contributed by atoms with E-state index < -0.39 is 0 Å². The minimum Gasteiger partial charge on any atom is -0.494 e. The first-order chi connectivity index (χ1) is 10.7. The third-order valence-electron chi connectivity index (χ3n) is 3.06. The van der Waals surface area contributed by atoms with Crippen molar-refractivity contribution in [3.05, 3.63) is 59.1 Å². The predicted octanol–water partition coefficient (Wildman–Crippen LogP) is 4.27. The van der Waals surface area contributed by atoms with Gasteiger partial charge in [-0.1, -0.05) is 35.9 Å². The Hall–Kier alpha value is -1.78. The maximum Gasteiger partial charge on any atom is 0.170 e. The second-order valence-corrected chi connectivity index (χ2v) is 5.50. The van der Waals surface area contributed by atoms with Crippen molar-refractivity contribution in [2.24, 2.45) is 0 Å². The highest BCUT2D eigenvalue weighted by Crippen LogP contribution is 2.20. The van der Waals surface area contributed by atoms with Crippen molar-refractivity contribution in [1.29, 1.82) is 0 Å². The monoisotopic (exact) mass is 334 g/mol. The largest absolute Gasteiger partial charge is 0.494 e. The van der Waals surface area contributed by atoms with Gasteiger partial charge in [0.1, 0.15) is 5.75 Å². The van der Waals surface area contributed by atoms with Crippen molar-refractivity contribution in [1.82, 2.24) is 5.32 Å². The number of para-hydroxylation sites is 1. The molecule has 3 nitrogen and oxygen atoms in total. The van der Waals surface area contributed by atoms with Gasteiger partial charge in [0.05, 0.1) is 17.3 Å². The molecule has 2 N–H and O–H groups in total. The van der Waals surface area contributed by atoms with E-state index in [4.69, 9.17) is 28.6 Å². The van der Waals surface area contributed by atoms with Gasteiger partial charge >= 0.3 is 0 Å². The zero-order chi connectivity index (χ0) is 15.8. The number of benzene rings is 2. The molecular formula is C17H19ClN2OS. The minimum absolute atomic E-state index is 0.569. The molecule has 0 heterocycles. The lowest BCUT2D eigenvalue weighted by atomic mass is 10.1. The van der Waals surface area contributed by atoms with Crippen LogP contribution in [0.25, 0.3) is 0 Å². The van der Waals surface area contributed by atoms with Crippen LogP contribution < -0.4 is 15.4 Å². The molecule has 0 aliphatic carbocycles. The van der Waals surface area contributed by atoms with Gasteiger partial charge in [0.25, 0.3) is 0 Å². The van der Waals surface area contributed by atoms with E-state index in [9.17, 15) is 0 Å². The number of hydrogen-bond donors (Lipinski definition) is 2. The lowest BCUT2D eigenvalue weighted by molar-refractivity contribution is 0.340. The minimum atomic E-state index is 0.569. The first kappa shape index (κ1) is 16.6. The summed E-state index contributed by atoms with van der Waals surface area (Å²) < 4.78 is 5.42. The fourth-order valence-electron chi connectivity index (χ4n) is 1.97. The van der Waals surface area contributed by atoms with E-state index in [1.807, 2.05) is 43.3 Å². The highest BCUT2D eigenvalue weighted by molar-refractivity contribution is 7.80. The van der Waals surface area contributed by atoms with Gasteiger partial charge < -0.3 is 15.4 Å². The molecule has 0 saturated heterocycles. The van der Waals surface area contributed by atoms with Crippen molar-refractivity contribution in [3.63, 3.8) is 0 Å². The van der Waals surface area contributed by atoms with Crippen molar-refractivity contribution < 1.29 is 4.74 Å². The Morgan fingerprint density at radius 1 is 1.14 bits per heavy atom. The quantitative estimate of drug-likeness (QED) is 0.773. The summed E-state index contributed by atoms with van der Waals surface area (Å²) in [6.07, 6.45) is 0.886. The molecule has 116 valence electrons. The first-order valence-corrected chi connectivity index (χ1v) is 7.99. The molecule has 0 amide bonds. The van der Waals surface area contributed by atoms with E-state index in [2.05, 4.69) is 22.8 Å². The molecule has 2 rings (SSSR count). The van der Waals surface area contributed by atoms with Gasteiger partial charge in [-0.15, -0.1) is 0 Å². The van der Waals surface area contributed by atoms with E-state index >= 15 is 0 Å². The van der Waals surface area contributed by atoms with E-state index in [0.717, 1.165) is 24.4 Å². The number of hydrogen-bond acceptors (Lipinski definition) is 2. The first-order valence-electron chi connectivity index (χ1n) is 7.20. The van der Waals surface area contributed by atoms with E-state index in [1.54, 1.807) is 0 Å². The molecule has 5 heteroatoms. The lowest BCUT2D eigenvalue weighted by Crippen LogP contribution is -2.30. The topological polar surface area (TPSA) is 33.3 Å². The Kier molecular flexibility index (Phi) is 6.49. The molecule has 0 aliphatic heterocycles. The van der Waals surface area contributed by atoms with E-state index in [0.29, 0.717) is 16.7 Å². The number of ether oxygens (including phenoxy) is 1. The fourth-order valence-corrected chi connectivity index (χ4v) is 2.36. The molecule has 0 unspecified atom stereocenters. The Morgan fingerprint density at radius 3 is 2.55 bits per heavy atom. The summed E-state index contributed by atoms with van der Waals surface area (Å²) in [6.45, 7) is 3.41. The highest BCUT2D eigenvalue weighted by atomic mass is 35.5. The Labute approximate surface area is 141 Å².